The third-order valence-electron chi connectivity index (χ3n) is 2.87. The summed E-state index contributed by atoms with van der Waals surface area (Å²) in [6.07, 6.45) is 2.92. The Bertz CT molecular complexity index is 66.1. The maximum atomic E-state index is 2.38. The van der Waals surface area contributed by atoms with E-state index in [1.165, 1.54) is 12.8 Å². The van der Waals surface area contributed by atoms with Gasteiger partial charge in [-0.25, -0.2) is 0 Å². The van der Waals surface area contributed by atoms with Crippen LogP contribution in [0.4, 0.5) is 0 Å². The molecule has 0 aromatic carbocycles. The molecule has 0 bridgehead atoms. The Morgan fingerprint density at radius 3 is 1.38 bits per heavy atom. The van der Waals surface area contributed by atoms with E-state index >= 15 is 0 Å². The van der Waals surface area contributed by atoms with E-state index in [0.717, 1.165) is 17.8 Å². The number of hydrogen-bond acceptors (Lipinski definition) is 0. The monoisotopic (exact) mass is 112 g/mol. The predicted octanol–water partition coefficient (Wildman–Crippen LogP) is 2.69. The van der Waals surface area contributed by atoms with E-state index in [1.54, 1.807) is 0 Å². The van der Waals surface area contributed by atoms with Crippen LogP contribution < -0.4 is 0 Å². The Balaban J connectivity index is 2.44. The van der Waals surface area contributed by atoms with E-state index in [9.17, 15) is 0 Å². The first kappa shape index (κ1) is 6.12. The molecule has 8 heavy (non-hydrogen) atoms. The van der Waals surface area contributed by atoms with Crippen LogP contribution in [-0.4, -0.2) is 0 Å². The van der Waals surface area contributed by atoms with Gasteiger partial charge in [0.05, 0.1) is 0 Å². The van der Waals surface area contributed by atoms with E-state index in [4.69, 9.17) is 0 Å². The van der Waals surface area contributed by atoms with Crippen LogP contribution >= 0.6 is 0 Å². The zero-order valence-electron chi connectivity index (χ0n) is 6.15. The van der Waals surface area contributed by atoms with Gasteiger partial charge in [-0.3, -0.25) is 0 Å². The summed E-state index contributed by atoms with van der Waals surface area (Å²) in [5.74, 6) is 2.96. The van der Waals surface area contributed by atoms with Crippen LogP contribution in [0.25, 0.3) is 0 Å². The fourth-order valence-electron chi connectivity index (χ4n) is 1.61. The minimum absolute atomic E-state index is 0.981. The van der Waals surface area contributed by atoms with Crippen molar-refractivity contribution in [3.8, 4) is 0 Å². The fraction of sp³-hybridized carbons (Fsp3) is 1.00. The highest BCUT2D eigenvalue weighted by Crippen LogP contribution is 2.35. The maximum absolute atomic E-state index is 2.38. The van der Waals surface area contributed by atoms with Crippen molar-refractivity contribution in [3.63, 3.8) is 0 Å². The van der Waals surface area contributed by atoms with E-state index in [1.807, 2.05) is 0 Å². The smallest absolute Gasteiger partial charge is 0.0391 e. The molecule has 0 amide bonds. The highest BCUT2D eigenvalue weighted by atomic mass is 14.3. The Morgan fingerprint density at radius 1 is 0.875 bits per heavy atom. The second-order valence-electron chi connectivity index (χ2n) is 3.39. The molecule has 0 aliphatic heterocycles. The second-order valence-corrected chi connectivity index (χ2v) is 3.39. The van der Waals surface area contributed by atoms with Gasteiger partial charge in [-0.2, -0.15) is 0 Å². The Hall–Kier alpha value is 0. The molecule has 0 aromatic rings. The average Bonchev–Trinajstić information content (AvgIpc) is 1.98. The molecule has 1 fully saturated rings. The van der Waals surface area contributed by atoms with E-state index in [2.05, 4.69) is 20.8 Å². The van der Waals surface area contributed by atoms with Gasteiger partial charge in [-0.05, 0) is 17.8 Å². The molecule has 0 saturated heterocycles. The van der Waals surface area contributed by atoms with Gasteiger partial charge < -0.3 is 0 Å². The van der Waals surface area contributed by atoms with Crippen molar-refractivity contribution in [2.45, 2.75) is 33.6 Å². The first-order valence-electron chi connectivity index (χ1n) is 3.72. The SMILES string of the molecule is CC1CCC(C)C1C. The lowest BCUT2D eigenvalue weighted by Gasteiger charge is -2.11. The van der Waals surface area contributed by atoms with Crippen LogP contribution in [0.1, 0.15) is 33.6 Å². The molecule has 0 spiro atoms. The van der Waals surface area contributed by atoms with Crippen LogP contribution in [0, 0.1) is 17.8 Å². The summed E-state index contributed by atoms with van der Waals surface area (Å²) in [5, 5.41) is 0. The van der Waals surface area contributed by atoms with Gasteiger partial charge in [0.25, 0.3) is 0 Å². The van der Waals surface area contributed by atoms with Crippen LogP contribution in [0.15, 0.2) is 0 Å². The minimum Gasteiger partial charge on any atom is -0.0622 e. The summed E-state index contributed by atoms with van der Waals surface area (Å²) < 4.78 is 0. The first-order valence-corrected chi connectivity index (χ1v) is 3.72. The van der Waals surface area contributed by atoms with E-state index in [-0.39, 0.29) is 0 Å². The summed E-state index contributed by atoms with van der Waals surface area (Å²) in [4.78, 5) is 0. The molecule has 48 valence electrons. The van der Waals surface area contributed by atoms with Gasteiger partial charge in [-0.1, -0.05) is 33.6 Å². The molecule has 0 radical (unpaired) electrons. The first-order chi connectivity index (χ1) is 3.72. The third-order valence-corrected chi connectivity index (χ3v) is 2.87. The topological polar surface area (TPSA) is 0 Å². The number of hydrogen-bond donors (Lipinski definition) is 0. The molecule has 0 N–H and O–H groups in total. The average molecular weight is 112 g/mol. The van der Waals surface area contributed by atoms with Crippen LogP contribution in [0.3, 0.4) is 0 Å². The molecule has 1 aliphatic rings. The lowest BCUT2D eigenvalue weighted by molar-refractivity contribution is 0.380. The lowest BCUT2D eigenvalue weighted by Crippen LogP contribution is -2.04. The third kappa shape index (κ3) is 0.888. The Kier molecular flexibility index (Phi) is 1.59. The van der Waals surface area contributed by atoms with Gasteiger partial charge in [0.15, 0.2) is 0 Å². The summed E-state index contributed by atoms with van der Waals surface area (Å²) in [6, 6.07) is 0. The summed E-state index contributed by atoms with van der Waals surface area (Å²) in [7, 11) is 0. The van der Waals surface area contributed by atoms with Gasteiger partial charge in [-0.15, -0.1) is 0 Å². The normalized spacial score (nSPS) is 47.6. The predicted molar refractivity (Wildman–Crippen MR) is 36.7 cm³/mol. The molecule has 1 rings (SSSR count). The van der Waals surface area contributed by atoms with E-state index < -0.39 is 0 Å². The standard InChI is InChI=1S/C8H16/c1-6-4-5-7(2)8(6)3/h6-8H,4-5H2,1-3H3. The van der Waals surface area contributed by atoms with Gasteiger partial charge >= 0.3 is 0 Å². The number of rotatable bonds is 0. The maximum Gasteiger partial charge on any atom is -0.0391 e. The zero-order chi connectivity index (χ0) is 6.15. The molecule has 1 saturated carbocycles. The summed E-state index contributed by atoms with van der Waals surface area (Å²) >= 11 is 0. The van der Waals surface area contributed by atoms with Crippen LogP contribution in [0.2, 0.25) is 0 Å². The van der Waals surface area contributed by atoms with Crippen molar-refractivity contribution in [1.29, 1.82) is 0 Å². The van der Waals surface area contributed by atoms with Crippen LogP contribution in [-0.2, 0) is 0 Å². The Morgan fingerprint density at radius 2 is 1.25 bits per heavy atom. The zero-order valence-corrected chi connectivity index (χ0v) is 6.15. The van der Waals surface area contributed by atoms with Gasteiger partial charge in [0.1, 0.15) is 0 Å². The molecule has 0 nitrogen and oxygen atoms in total. The van der Waals surface area contributed by atoms with Crippen molar-refractivity contribution < 1.29 is 0 Å². The molecule has 2 unspecified atom stereocenters. The highest BCUT2D eigenvalue weighted by molar-refractivity contribution is 4.75. The van der Waals surface area contributed by atoms with Crippen molar-refractivity contribution in [3.05, 3.63) is 0 Å². The van der Waals surface area contributed by atoms with Crippen molar-refractivity contribution in [1.82, 2.24) is 0 Å². The van der Waals surface area contributed by atoms with Gasteiger partial charge in [0, 0.05) is 0 Å². The minimum atomic E-state index is 0.981. The van der Waals surface area contributed by atoms with Crippen molar-refractivity contribution in [2.24, 2.45) is 17.8 Å². The molecular formula is C8H16. The highest BCUT2D eigenvalue weighted by Gasteiger charge is 2.25. The van der Waals surface area contributed by atoms with Crippen molar-refractivity contribution in [2.75, 3.05) is 0 Å². The Labute approximate surface area is 52.3 Å². The molecule has 2 atom stereocenters. The van der Waals surface area contributed by atoms with Crippen LogP contribution in [0.5, 0.6) is 0 Å². The fourth-order valence-corrected chi connectivity index (χ4v) is 1.61. The lowest BCUT2D eigenvalue weighted by atomic mass is 9.94. The summed E-state index contributed by atoms with van der Waals surface area (Å²) in [5.41, 5.74) is 0. The van der Waals surface area contributed by atoms with Crippen molar-refractivity contribution >= 4 is 0 Å². The molecule has 0 aromatic heterocycles. The van der Waals surface area contributed by atoms with E-state index in [0.29, 0.717) is 0 Å². The van der Waals surface area contributed by atoms with Gasteiger partial charge in [0.2, 0.25) is 0 Å². The second kappa shape index (κ2) is 2.08. The summed E-state index contributed by atoms with van der Waals surface area (Å²) in [6.45, 7) is 7.12. The quantitative estimate of drug-likeness (QED) is 0.452. The molecule has 1 aliphatic carbocycles. The molecule has 0 heterocycles. The largest absolute Gasteiger partial charge is 0.0622 e. The molecular weight excluding hydrogens is 96.1 g/mol. The molecule has 0 heteroatoms.